The number of anilines is 2. The SMILES string of the molecule is CCCCN(CCCC)c1ccc(N=Nc2ccc(S(=O)(=O)c3ccc(N=Nc4ccc(N(CCC)CCC)cc4)cc3)cc2)cc1. The molecule has 0 amide bonds. The maximum atomic E-state index is 13.3. The number of rotatable bonds is 18. The predicted octanol–water partition coefficient (Wildman–Crippen LogP) is 11.4. The highest BCUT2D eigenvalue weighted by molar-refractivity contribution is 7.91. The summed E-state index contributed by atoms with van der Waals surface area (Å²) in [7, 11) is -3.71. The van der Waals surface area contributed by atoms with Gasteiger partial charge in [-0.1, -0.05) is 40.5 Å². The Balaban J connectivity index is 1.37. The Morgan fingerprint density at radius 2 is 0.723 bits per heavy atom. The van der Waals surface area contributed by atoms with Gasteiger partial charge < -0.3 is 9.80 Å². The fourth-order valence-corrected chi connectivity index (χ4v) is 6.45. The van der Waals surface area contributed by atoms with Crippen LogP contribution in [-0.4, -0.2) is 34.6 Å². The first-order chi connectivity index (χ1) is 22.9. The van der Waals surface area contributed by atoms with Crippen molar-refractivity contribution in [1.29, 1.82) is 0 Å². The third kappa shape index (κ3) is 10.3. The van der Waals surface area contributed by atoms with E-state index in [-0.39, 0.29) is 9.79 Å². The summed E-state index contributed by atoms with van der Waals surface area (Å²) in [6, 6.07) is 29.1. The van der Waals surface area contributed by atoms with E-state index in [9.17, 15) is 8.42 Å². The second kappa shape index (κ2) is 18.1. The normalized spacial score (nSPS) is 11.8. The zero-order chi connectivity index (χ0) is 33.5. The van der Waals surface area contributed by atoms with Crippen LogP contribution in [0.3, 0.4) is 0 Å². The molecule has 4 aromatic rings. The van der Waals surface area contributed by atoms with Gasteiger partial charge in [-0.2, -0.15) is 20.5 Å². The molecule has 0 fully saturated rings. The summed E-state index contributed by atoms with van der Waals surface area (Å²) in [5.74, 6) is 0. The maximum absolute atomic E-state index is 13.3. The van der Waals surface area contributed by atoms with Crippen LogP contribution in [0.2, 0.25) is 0 Å². The Kier molecular flexibility index (Phi) is 13.7. The van der Waals surface area contributed by atoms with Crippen molar-refractivity contribution in [2.45, 2.75) is 76.0 Å². The van der Waals surface area contributed by atoms with Crippen LogP contribution in [0.1, 0.15) is 66.2 Å². The van der Waals surface area contributed by atoms with Crippen LogP contribution in [0.4, 0.5) is 34.1 Å². The molecule has 0 N–H and O–H groups in total. The number of benzene rings is 4. The first-order valence-electron chi connectivity index (χ1n) is 16.9. The van der Waals surface area contributed by atoms with Gasteiger partial charge in [0.1, 0.15) is 0 Å². The van der Waals surface area contributed by atoms with Gasteiger partial charge in [-0.05, 0) is 123 Å². The molecular weight excluding hydrogens is 605 g/mol. The summed E-state index contributed by atoms with van der Waals surface area (Å²) in [4.78, 5) is 5.18. The Bertz CT molecular complexity index is 1650. The average Bonchev–Trinajstić information content (AvgIpc) is 3.11. The summed E-state index contributed by atoms with van der Waals surface area (Å²) in [6.07, 6.45) is 6.86. The highest BCUT2D eigenvalue weighted by Gasteiger charge is 2.17. The molecular formula is C38H48N6O2S. The van der Waals surface area contributed by atoms with E-state index < -0.39 is 9.84 Å². The van der Waals surface area contributed by atoms with E-state index in [2.05, 4.69) is 82.2 Å². The van der Waals surface area contributed by atoms with Crippen molar-refractivity contribution in [2.75, 3.05) is 36.0 Å². The Labute approximate surface area is 281 Å². The van der Waals surface area contributed by atoms with Gasteiger partial charge in [0, 0.05) is 37.6 Å². The molecule has 0 radical (unpaired) electrons. The van der Waals surface area contributed by atoms with Crippen LogP contribution in [-0.2, 0) is 9.84 Å². The van der Waals surface area contributed by atoms with Crippen molar-refractivity contribution >= 4 is 44.0 Å². The molecule has 0 heterocycles. The lowest BCUT2D eigenvalue weighted by molar-refractivity contribution is 0.596. The van der Waals surface area contributed by atoms with Crippen LogP contribution in [0, 0.1) is 0 Å². The molecule has 0 saturated carbocycles. The Morgan fingerprint density at radius 1 is 0.426 bits per heavy atom. The quantitative estimate of drug-likeness (QED) is 0.100. The molecule has 0 unspecified atom stereocenters. The number of hydrogen-bond donors (Lipinski definition) is 0. The van der Waals surface area contributed by atoms with Crippen molar-refractivity contribution in [3.05, 3.63) is 97.1 Å². The summed E-state index contributed by atoms with van der Waals surface area (Å²) in [5.41, 5.74) is 5.01. The molecule has 248 valence electrons. The third-order valence-electron chi connectivity index (χ3n) is 7.84. The minimum absolute atomic E-state index is 0.189. The van der Waals surface area contributed by atoms with Crippen molar-refractivity contribution in [1.82, 2.24) is 0 Å². The molecule has 0 aliphatic heterocycles. The van der Waals surface area contributed by atoms with E-state index in [0.717, 1.165) is 50.4 Å². The molecule has 0 aliphatic carbocycles. The van der Waals surface area contributed by atoms with E-state index in [4.69, 9.17) is 0 Å². The number of sulfone groups is 1. The molecule has 47 heavy (non-hydrogen) atoms. The number of nitrogens with zero attached hydrogens (tertiary/aromatic N) is 6. The monoisotopic (exact) mass is 652 g/mol. The maximum Gasteiger partial charge on any atom is 0.206 e. The molecule has 4 rings (SSSR count). The second-order valence-corrected chi connectivity index (χ2v) is 13.6. The van der Waals surface area contributed by atoms with Crippen molar-refractivity contribution in [2.24, 2.45) is 20.5 Å². The summed E-state index contributed by atoms with van der Waals surface area (Å²) in [6.45, 7) is 12.9. The van der Waals surface area contributed by atoms with Crippen LogP contribution >= 0.6 is 0 Å². The summed E-state index contributed by atoms with van der Waals surface area (Å²) < 4.78 is 26.6. The largest absolute Gasteiger partial charge is 0.372 e. The van der Waals surface area contributed by atoms with E-state index in [1.54, 1.807) is 48.5 Å². The minimum Gasteiger partial charge on any atom is -0.372 e. The van der Waals surface area contributed by atoms with Crippen molar-refractivity contribution < 1.29 is 8.42 Å². The lowest BCUT2D eigenvalue weighted by Gasteiger charge is -2.24. The van der Waals surface area contributed by atoms with Gasteiger partial charge >= 0.3 is 0 Å². The topological polar surface area (TPSA) is 90.1 Å². The van der Waals surface area contributed by atoms with Gasteiger partial charge in [-0.15, -0.1) is 0 Å². The minimum atomic E-state index is -3.71. The Morgan fingerprint density at radius 3 is 1.02 bits per heavy atom. The van der Waals surface area contributed by atoms with Gasteiger partial charge in [0.25, 0.3) is 0 Å². The van der Waals surface area contributed by atoms with Crippen LogP contribution in [0.25, 0.3) is 0 Å². The number of unbranched alkanes of at least 4 members (excludes halogenated alkanes) is 2. The number of azo groups is 2. The molecule has 0 bridgehead atoms. The molecule has 0 saturated heterocycles. The van der Waals surface area contributed by atoms with Gasteiger partial charge in [0.05, 0.1) is 32.5 Å². The molecule has 0 aliphatic rings. The van der Waals surface area contributed by atoms with Crippen LogP contribution in [0.5, 0.6) is 0 Å². The van der Waals surface area contributed by atoms with Crippen LogP contribution in [0.15, 0.2) is 127 Å². The number of hydrogen-bond acceptors (Lipinski definition) is 8. The van der Waals surface area contributed by atoms with E-state index in [1.165, 1.54) is 37.1 Å². The fraction of sp³-hybridized carbons (Fsp3) is 0.368. The Hall–Kier alpha value is -4.37. The lowest BCUT2D eigenvalue weighted by Crippen LogP contribution is -2.25. The van der Waals surface area contributed by atoms with Crippen molar-refractivity contribution in [3.63, 3.8) is 0 Å². The smallest absolute Gasteiger partial charge is 0.206 e. The average molecular weight is 653 g/mol. The standard InChI is InChI=1S/C38H48N6O2S/c1-5-9-29-44(30-10-6-2)36-21-13-32(14-22-36)40-42-34-17-25-38(26-18-34)47(45,46)37-23-15-33(16-24-37)41-39-31-11-19-35(20-12-31)43(27-7-3)28-8-4/h11-26H,5-10,27-30H2,1-4H3. The molecule has 4 aromatic carbocycles. The van der Waals surface area contributed by atoms with Gasteiger partial charge in [-0.25, -0.2) is 8.42 Å². The zero-order valence-corrected chi connectivity index (χ0v) is 29.0. The van der Waals surface area contributed by atoms with Gasteiger partial charge in [-0.3, -0.25) is 0 Å². The highest BCUT2D eigenvalue weighted by atomic mass is 32.2. The summed E-state index contributed by atoms with van der Waals surface area (Å²) >= 11 is 0. The predicted molar refractivity (Wildman–Crippen MR) is 194 cm³/mol. The van der Waals surface area contributed by atoms with Gasteiger partial charge in [0.2, 0.25) is 9.84 Å². The molecule has 9 heteroatoms. The fourth-order valence-electron chi connectivity index (χ4n) is 5.19. The molecule has 8 nitrogen and oxygen atoms in total. The molecule has 0 spiro atoms. The van der Waals surface area contributed by atoms with E-state index in [0.29, 0.717) is 11.4 Å². The van der Waals surface area contributed by atoms with E-state index >= 15 is 0 Å². The lowest BCUT2D eigenvalue weighted by atomic mass is 10.2. The molecule has 0 atom stereocenters. The van der Waals surface area contributed by atoms with E-state index in [1.807, 2.05) is 24.3 Å². The zero-order valence-electron chi connectivity index (χ0n) is 28.2. The second-order valence-electron chi connectivity index (χ2n) is 11.6. The first kappa shape index (κ1) is 35.5. The van der Waals surface area contributed by atoms with Crippen LogP contribution < -0.4 is 9.80 Å². The van der Waals surface area contributed by atoms with Crippen molar-refractivity contribution in [3.8, 4) is 0 Å². The molecule has 0 aromatic heterocycles. The first-order valence-corrected chi connectivity index (χ1v) is 18.3. The van der Waals surface area contributed by atoms with Gasteiger partial charge in [0.15, 0.2) is 0 Å². The third-order valence-corrected chi connectivity index (χ3v) is 9.62. The summed E-state index contributed by atoms with van der Waals surface area (Å²) in [5, 5.41) is 17.3. The highest BCUT2D eigenvalue weighted by Crippen LogP contribution is 2.28.